The molecule has 0 heterocycles. The number of hydrogen-bond donors (Lipinski definition) is 0. The quantitative estimate of drug-likeness (QED) is 0.381. The molecule has 0 fully saturated rings. The standard InChI is InChI=1S/C7H12O6Si/c1-11-6(9)14(3,5-13-4-8)7(10)12-2/h4H,5H2,1-3H3. The highest BCUT2D eigenvalue weighted by Crippen LogP contribution is 2.10. The normalized spacial score (nSPS) is 10.2. The van der Waals surface area contributed by atoms with Crippen molar-refractivity contribution in [1.29, 1.82) is 0 Å². The largest absolute Gasteiger partial charge is 0.473 e. The summed E-state index contributed by atoms with van der Waals surface area (Å²) in [7, 11) is -0.825. The van der Waals surface area contributed by atoms with E-state index in [0.717, 1.165) is 14.2 Å². The summed E-state index contributed by atoms with van der Waals surface area (Å²) in [6.45, 7) is 1.59. The number of carbonyl (C=O) groups excluding carboxylic acids is 3. The van der Waals surface area contributed by atoms with Gasteiger partial charge in [-0.2, -0.15) is 0 Å². The molecule has 0 aromatic rings. The van der Waals surface area contributed by atoms with Gasteiger partial charge in [-0.05, 0) is 6.55 Å². The summed E-state index contributed by atoms with van der Waals surface area (Å²) in [5, 5.41) is 0. The Labute approximate surface area is 82.1 Å². The van der Waals surface area contributed by atoms with Crippen LogP contribution in [0.25, 0.3) is 0 Å². The van der Waals surface area contributed by atoms with Crippen molar-refractivity contribution in [3.63, 3.8) is 0 Å². The molecule has 0 rings (SSSR count). The summed E-state index contributed by atoms with van der Waals surface area (Å²) >= 11 is 0. The van der Waals surface area contributed by atoms with Crippen molar-refractivity contribution in [3.05, 3.63) is 0 Å². The van der Waals surface area contributed by atoms with Crippen molar-refractivity contribution in [2.24, 2.45) is 0 Å². The Balaban J connectivity index is 4.73. The van der Waals surface area contributed by atoms with Crippen LogP contribution in [0.2, 0.25) is 6.55 Å². The summed E-state index contributed by atoms with van der Waals surface area (Å²) in [5.41, 5.74) is -1.35. The van der Waals surface area contributed by atoms with Gasteiger partial charge in [0.05, 0.1) is 14.2 Å². The third-order valence-electron chi connectivity index (χ3n) is 1.71. The van der Waals surface area contributed by atoms with E-state index in [2.05, 4.69) is 14.2 Å². The van der Waals surface area contributed by atoms with Gasteiger partial charge in [-0.1, -0.05) is 0 Å². The first-order valence-corrected chi connectivity index (χ1v) is 6.45. The molecule has 7 heteroatoms. The van der Waals surface area contributed by atoms with Crippen LogP contribution in [-0.4, -0.2) is 46.2 Å². The van der Waals surface area contributed by atoms with Gasteiger partial charge >= 0.3 is 8.07 Å². The molecule has 0 aliphatic heterocycles. The number of methoxy groups -OCH3 is 2. The van der Waals surface area contributed by atoms with E-state index >= 15 is 0 Å². The second kappa shape index (κ2) is 5.38. The van der Waals surface area contributed by atoms with E-state index in [0.29, 0.717) is 0 Å². The number of carbonyl (C=O) groups is 3. The molecule has 14 heavy (non-hydrogen) atoms. The van der Waals surface area contributed by atoms with Gasteiger partial charge in [0.1, 0.15) is 6.23 Å². The Kier molecular flexibility index (Phi) is 4.85. The van der Waals surface area contributed by atoms with Gasteiger partial charge in [0.15, 0.2) is 0 Å². The summed E-state index contributed by atoms with van der Waals surface area (Å²) in [6.07, 6.45) is -0.268. The molecule has 0 aromatic carbocycles. The lowest BCUT2D eigenvalue weighted by atomic mass is 11.4. The molecule has 80 valence electrons. The smallest absolute Gasteiger partial charge is 0.347 e. The molecule has 0 radical (unpaired) electrons. The Morgan fingerprint density at radius 2 is 1.64 bits per heavy atom. The lowest BCUT2D eigenvalue weighted by Gasteiger charge is -2.18. The van der Waals surface area contributed by atoms with E-state index in [1.165, 1.54) is 6.55 Å². The van der Waals surface area contributed by atoms with Crippen LogP contribution in [0, 0.1) is 0 Å². The minimum Gasteiger partial charge on any atom is -0.473 e. The zero-order valence-corrected chi connectivity index (χ0v) is 9.23. The fourth-order valence-electron chi connectivity index (χ4n) is 0.852. The molecule has 0 aliphatic carbocycles. The Morgan fingerprint density at radius 1 is 1.21 bits per heavy atom. The summed E-state index contributed by atoms with van der Waals surface area (Å²) in [5.74, 6) is 0. The van der Waals surface area contributed by atoms with Crippen molar-refractivity contribution < 1.29 is 28.6 Å². The van der Waals surface area contributed by atoms with Gasteiger partial charge in [0, 0.05) is 0 Å². The van der Waals surface area contributed by atoms with Gasteiger partial charge in [-0.15, -0.1) is 0 Å². The molecule has 0 aliphatic rings. The third kappa shape index (κ3) is 2.56. The SMILES string of the molecule is COC(=O)[Si](C)(COC=O)C(=O)OC. The van der Waals surface area contributed by atoms with Crippen molar-refractivity contribution in [1.82, 2.24) is 0 Å². The minimum absolute atomic E-state index is 0.178. The van der Waals surface area contributed by atoms with Gasteiger partial charge < -0.3 is 14.2 Å². The maximum Gasteiger partial charge on any atom is 0.347 e. The topological polar surface area (TPSA) is 78.9 Å². The third-order valence-corrected chi connectivity index (χ3v) is 4.67. The Bertz CT molecular complexity index is 222. The molecule has 0 bridgehead atoms. The van der Waals surface area contributed by atoms with Crippen LogP contribution in [0.1, 0.15) is 0 Å². The highest BCUT2D eigenvalue weighted by atomic mass is 28.3. The molecule has 0 saturated heterocycles. The fraction of sp³-hybridized carbons (Fsp3) is 0.571. The van der Waals surface area contributed by atoms with Crippen molar-refractivity contribution in [2.45, 2.75) is 6.55 Å². The Hall–Kier alpha value is -1.37. The van der Waals surface area contributed by atoms with Gasteiger partial charge in [-0.25, -0.2) is 0 Å². The zero-order valence-electron chi connectivity index (χ0n) is 8.23. The van der Waals surface area contributed by atoms with Crippen LogP contribution in [0.15, 0.2) is 0 Å². The average Bonchev–Trinajstić information content (AvgIpc) is 2.23. The summed E-state index contributed by atoms with van der Waals surface area (Å²) < 4.78 is 13.3. The monoisotopic (exact) mass is 220 g/mol. The number of rotatable bonds is 5. The summed E-state index contributed by atoms with van der Waals surface area (Å²) in [4.78, 5) is 32.5. The molecule has 0 atom stereocenters. The van der Waals surface area contributed by atoms with Gasteiger partial charge in [0.2, 0.25) is 0 Å². The van der Waals surface area contributed by atoms with Crippen LogP contribution in [0.5, 0.6) is 0 Å². The number of hydrogen-bond acceptors (Lipinski definition) is 6. The molecular weight excluding hydrogens is 208 g/mol. The van der Waals surface area contributed by atoms with E-state index in [4.69, 9.17) is 0 Å². The molecule has 0 aromatic heterocycles. The van der Waals surface area contributed by atoms with Crippen LogP contribution in [0.3, 0.4) is 0 Å². The van der Waals surface area contributed by atoms with E-state index in [1.807, 2.05) is 0 Å². The van der Waals surface area contributed by atoms with E-state index in [9.17, 15) is 14.4 Å². The van der Waals surface area contributed by atoms with Crippen LogP contribution in [0.4, 0.5) is 9.59 Å². The zero-order chi connectivity index (χ0) is 11.2. The van der Waals surface area contributed by atoms with Crippen LogP contribution < -0.4 is 0 Å². The highest BCUT2D eigenvalue weighted by Gasteiger charge is 2.49. The molecule has 0 spiro atoms. The lowest BCUT2D eigenvalue weighted by molar-refractivity contribution is -0.127. The second-order valence-corrected chi connectivity index (χ2v) is 6.49. The molecule has 0 saturated carbocycles. The van der Waals surface area contributed by atoms with Gasteiger partial charge in [-0.3, -0.25) is 14.4 Å². The first-order valence-electron chi connectivity index (χ1n) is 3.75. The maximum absolute atomic E-state index is 11.3. The van der Waals surface area contributed by atoms with E-state index in [-0.39, 0.29) is 12.7 Å². The van der Waals surface area contributed by atoms with E-state index in [1.54, 1.807) is 0 Å². The maximum atomic E-state index is 11.3. The van der Waals surface area contributed by atoms with Gasteiger partial charge in [0.25, 0.3) is 17.7 Å². The fourth-order valence-corrected chi connectivity index (χ4v) is 2.56. The molecule has 0 unspecified atom stereocenters. The molecule has 6 nitrogen and oxygen atoms in total. The summed E-state index contributed by atoms with van der Waals surface area (Å²) in [6, 6.07) is 0. The lowest BCUT2D eigenvalue weighted by Crippen LogP contribution is -2.54. The average molecular weight is 220 g/mol. The molecule has 0 N–H and O–H groups in total. The van der Waals surface area contributed by atoms with Crippen LogP contribution in [-0.2, 0) is 19.0 Å². The second-order valence-electron chi connectivity index (χ2n) is 2.72. The van der Waals surface area contributed by atoms with Crippen molar-refractivity contribution in [3.8, 4) is 0 Å². The predicted molar refractivity (Wildman–Crippen MR) is 48.4 cm³/mol. The van der Waals surface area contributed by atoms with Crippen molar-refractivity contribution in [2.75, 3.05) is 20.4 Å². The number of ether oxygens (including phenoxy) is 3. The van der Waals surface area contributed by atoms with E-state index < -0.39 is 19.3 Å². The molecular formula is C7H12O6Si. The Morgan fingerprint density at radius 3 is 1.93 bits per heavy atom. The molecule has 0 amide bonds. The predicted octanol–water partition coefficient (Wildman–Crippen LogP) is 0.473. The highest BCUT2D eigenvalue weighted by molar-refractivity contribution is 7.22. The van der Waals surface area contributed by atoms with Crippen molar-refractivity contribution >= 4 is 25.7 Å². The first-order chi connectivity index (χ1) is 6.52. The minimum atomic E-state index is -3.15. The first kappa shape index (κ1) is 12.6. The van der Waals surface area contributed by atoms with Crippen LogP contribution >= 0.6 is 0 Å².